The van der Waals surface area contributed by atoms with E-state index in [1.165, 1.54) is 13.0 Å². The Bertz CT molecular complexity index is 1070. The van der Waals surface area contributed by atoms with Gasteiger partial charge in [-0.25, -0.2) is 9.59 Å². The van der Waals surface area contributed by atoms with E-state index in [1.807, 2.05) is 0 Å². The van der Waals surface area contributed by atoms with Gasteiger partial charge in [-0.3, -0.25) is 4.79 Å². The molecule has 0 unspecified atom stereocenters. The summed E-state index contributed by atoms with van der Waals surface area (Å²) in [6.07, 6.45) is -2.31. The zero-order valence-electron chi connectivity index (χ0n) is 16.8. The maximum Gasteiger partial charge on any atom is 0.341 e. The molecule has 0 aliphatic carbocycles. The second kappa shape index (κ2) is 6.32. The summed E-state index contributed by atoms with van der Waals surface area (Å²) in [5.74, 6) is -0.765. The monoisotopic (exact) mass is 402 g/mol. The number of rotatable bonds is 3. The van der Waals surface area contributed by atoms with Crippen LogP contribution < -0.4 is 10.4 Å². The lowest BCUT2D eigenvalue weighted by atomic mass is 9.87. The normalized spacial score (nSPS) is 29.5. The number of carbonyl (C=O) groups is 2. The Morgan fingerprint density at radius 2 is 1.72 bits per heavy atom. The Balaban J connectivity index is 1.89. The van der Waals surface area contributed by atoms with Crippen molar-refractivity contribution in [2.24, 2.45) is 0 Å². The van der Waals surface area contributed by atoms with Crippen molar-refractivity contribution in [2.45, 2.75) is 64.1 Å². The van der Waals surface area contributed by atoms with Crippen molar-refractivity contribution in [2.75, 3.05) is 0 Å². The third kappa shape index (κ3) is 3.17. The highest BCUT2D eigenvalue weighted by Crippen LogP contribution is 2.48. The second-order valence-corrected chi connectivity index (χ2v) is 8.08. The number of esters is 2. The Labute approximate surface area is 166 Å². The Morgan fingerprint density at radius 1 is 1.07 bits per heavy atom. The van der Waals surface area contributed by atoms with Crippen LogP contribution in [-0.4, -0.2) is 35.3 Å². The third-order valence-electron chi connectivity index (χ3n) is 5.48. The molecular weight excluding hydrogens is 380 g/mol. The molecule has 1 fully saturated rings. The van der Waals surface area contributed by atoms with Crippen molar-refractivity contribution in [1.82, 2.24) is 0 Å². The summed E-state index contributed by atoms with van der Waals surface area (Å²) in [6.45, 7) is 8.12. The van der Waals surface area contributed by atoms with E-state index in [0.29, 0.717) is 16.7 Å². The van der Waals surface area contributed by atoms with Gasteiger partial charge in [-0.05, 0) is 45.9 Å². The molecule has 0 N–H and O–H groups in total. The molecule has 0 spiro atoms. The van der Waals surface area contributed by atoms with Crippen LogP contribution >= 0.6 is 0 Å². The SMILES string of the molecule is CC(=O)O[C@@H]1[C@H](OC(=O)[C@@]2(C)O[C@H]2C)c2c(ccc3ccc(=O)oc23)OC1(C)C. The first-order valence-corrected chi connectivity index (χ1v) is 9.35. The average Bonchev–Trinajstić information content (AvgIpc) is 3.25. The van der Waals surface area contributed by atoms with Crippen molar-refractivity contribution in [1.29, 1.82) is 0 Å². The number of hydrogen-bond donors (Lipinski definition) is 0. The summed E-state index contributed by atoms with van der Waals surface area (Å²) in [5.41, 5.74) is -2.08. The molecule has 8 heteroatoms. The zero-order valence-corrected chi connectivity index (χ0v) is 16.8. The molecule has 1 saturated heterocycles. The van der Waals surface area contributed by atoms with E-state index in [2.05, 4.69) is 0 Å². The van der Waals surface area contributed by atoms with Gasteiger partial charge < -0.3 is 23.4 Å². The number of benzene rings is 1. The molecule has 1 aromatic heterocycles. The minimum absolute atomic E-state index is 0.218. The van der Waals surface area contributed by atoms with E-state index >= 15 is 0 Å². The van der Waals surface area contributed by atoms with Gasteiger partial charge in [0.25, 0.3) is 0 Å². The van der Waals surface area contributed by atoms with Crippen LogP contribution in [0.2, 0.25) is 0 Å². The molecule has 4 rings (SSSR count). The van der Waals surface area contributed by atoms with Gasteiger partial charge in [-0.15, -0.1) is 0 Å². The van der Waals surface area contributed by atoms with Gasteiger partial charge in [0.05, 0.1) is 11.7 Å². The number of fused-ring (bicyclic) bond motifs is 3. The summed E-state index contributed by atoms with van der Waals surface area (Å²) >= 11 is 0. The lowest BCUT2D eigenvalue weighted by Crippen LogP contribution is -2.52. The van der Waals surface area contributed by atoms with E-state index in [1.54, 1.807) is 45.9 Å². The van der Waals surface area contributed by atoms with Gasteiger partial charge in [-0.1, -0.05) is 0 Å². The molecule has 0 bridgehead atoms. The van der Waals surface area contributed by atoms with E-state index in [-0.39, 0.29) is 11.7 Å². The Hall–Kier alpha value is -2.87. The largest absolute Gasteiger partial charge is 0.483 e. The molecule has 8 nitrogen and oxygen atoms in total. The molecular formula is C21H22O8. The molecule has 2 aromatic rings. The standard InChI is InChI=1S/C21H22O8/c1-10-21(5,28-10)19(24)27-17-15-13(29-20(3,4)18(17)25-11(2)22)8-6-12-7-9-14(23)26-16(12)15/h6-10,17-18H,1-5H3/t10-,17+,18+,21-/m0/s1. The highest BCUT2D eigenvalue weighted by molar-refractivity contribution is 5.86. The first-order valence-electron chi connectivity index (χ1n) is 9.35. The smallest absolute Gasteiger partial charge is 0.341 e. The topological polar surface area (TPSA) is 105 Å². The molecule has 0 saturated carbocycles. The van der Waals surface area contributed by atoms with Crippen LogP contribution in [0.15, 0.2) is 33.5 Å². The Morgan fingerprint density at radius 3 is 2.34 bits per heavy atom. The van der Waals surface area contributed by atoms with Crippen LogP contribution in [-0.2, 0) is 23.8 Å². The fourth-order valence-corrected chi connectivity index (χ4v) is 3.63. The van der Waals surface area contributed by atoms with Crippen molar-refractivity contribution in [3.63, 3.8) is 0 Å². The number of epoxide rings is 1. The maximum absolute atomic E-state index is 12.8. The van der Waals surface area contributed by atoms with E-state index < -0.39 is 41.0 Å². The predicted molar refractivity (Wildman–Crippen MR) is 101 cm³/mol. The second-order valence-electron chi connectivity index (χ2n) is 8.08. The number of carbonyl (C=O) groups excluding carboxylic acids is 2. The van der Waals surface area contributed by atoms with Crippen LogP contribution in [0.4, 0.5) is 0 Å². The van der Waals surface area contributed by atoms with Crippen LogP contribution in [0.3, 0.4) is 0 Å². The molecule has 2 aliphatic rings. The van der Waals surface area contributed by atoms with Crippen molar-refractivity contribution >= 4 is 22.9 Å². The molecule has 1 aromatic carbocycles. The molecule has 0 radical (unpaired) electrons. The highest BCUT2D eigenvalue weighted by atomic mass is 16.7. The van der Waals surface area contributed by atoms with E-state index in [0.717, 1.165) is 0 Å². The summed E-state index contributed by atoms with van der Waals surface area (Å²) in [6, 6.07) is 6.36. The summed E-state index contributed by atoms with van der Waals surface area (Å²) in [5, 5.41) is 0.622. The van der Waals surface area contributed by atoms with E-state index in [4.69, 9.17) is 23.4 Å². The minimum Gasteiger partial charge on any atom is -0.483 e. The van der Waals surface area contributed by atoms with Gasteiger partial charge in [0.15, 0.2) is 17.8 Å². The fraction of sp³-hybridized carbons (Fsp3) is 0.476. The van der Waals surface area contributed by atoms with E-state index in [9.17, 15) is 14.4 Å². The van der Waals surface area contributed by atoms with Crippen LogP contribution in [0.1, 0.15) is 46.3 Å². The third-order valence-corrected chi connectivity index (χ3v) is 5.48. The fourth-order valence-electron chi connectivity index (χ4n) is 3.63. The van der Waals surface area contributed by atoms with Crippen molar-refractivity contribution < 1.29 is 33.0 Å². The summed E-state index contributed by atoms with van der Waals surface area (Å²) < 4.78 is 28.2. The average molecular weight is 402 g/mol. The quantitative estimate of drug-likeness (QED) is 0.438. The first-order chi connectivity index (χ1) is 13.5. The zero-order chi connectivity index (χ0) is 21.1. The van der Waals surface area contributed by atoms with Gasteiger partial charge in [0.2, 0.25) is 0 Å². The Kier molecular flexibility index (Phi) is 4.24. The van der Waals surface area contributed by atoms with Gasteiger partial charge >= 0.3 is 17.6 Å². The molecule has 2 aliphatic heterocycles. The maximum atomic E-state index is 12.8. The van der Waals surface area contributed by atoms with Gasteiger partial charge in [0, 0.05) is 18.4 Å². The molecule has 29 heavy (non-hydrogen) atoms. The summed E-state index contributed by atoms with van der Waals surface area (Å²) in [4.78, 5) is 36.5. The van der Waals surface area contributed by atoms with Crippen LogP contribution in [0, 0.1) is 0 Å². The lowest BCUT2D eigenvalue weighted by molar-refractivity contribution is -0.191. The van der Waals surface area contributed by atoms with Crippen molar-refractivity contribution in [3.8, 4) is 5.75 Å². The van der Waals surface area contributed by atoms with Gasteiger partial charge in [-0.2, -0.15) is 0 Å². The van der Waals surface area contributed by atoms with Crippen LogP contribution in [0.5, 0.6) is 5.75 Å². The minimum atomic E-state index is -1.07. The summed E-state index contributed by atoms with van der Waals surface area (Å²) in [7, 11) is 0. The molecule has 0 amide bonds. The van der Waals surface area contributed by atoms with Gasteiger partial charge in [0.1, 0.15) is 16.9 Å². The number of ether oxygens (including phenoxy) is 4. The molecule has 154 valence electrons. The predicted octanol–water partition coefficient (Wildman–Crippen LogP) is 2.66. The van der Waals surface area contributed by atoms with Crippen LogP contribution in [0.25, 0.3) is 11.0 Å². The lowest BCUT2D eigenvalue weighted by Gasteiger charge is -2.43. The first kappa shape index (κ1) is 19.4. The highest BCUT2D eigenvalue weighted by Gasteiger charge is 2.59. The molecule has 3 heterocycles. The van der Waals surface area contributed by atoms with Crippen molar-refractivity contribution in [3.05, 3.63) is 40.2 Å². The number of hydrogen-bond acceptors (Lipinski definition) is 8. The molecule has 4 atom stereocenters.